The van der Waals surface area contributed by atoms with E-state index >= 15 is 0 Å². The van der Waals surface area contributed by atoms with E-state index in [-0.39, 0.29) is 18.0 Å². The summed E-state index contributed by atoms with van der Waals surface area (Å²) in [6.45, 7) is 1.16. The summed E-state index contributed by atoms with van der Waals surface area (Å²) in [5.74, 6) is 0. The van der Waals surface area contributed by atoms with Crippen LogP contribution in [0.1, 0.15) is 6.42 Å². The summed E-state index contributed by atoms with van der Waals surface area (Å²) in [5, 5.41) is 0.319. The lowest BCUT2D eigenvalue weighted by Crippen LogP contribution is -2.39. The van der Waals surface area contributed by atoms with Gasteiger partial charge in [-0.3, -0.25) is 0 Å². The molecule has 0 radical (unpaired) electrons. The summed E-state index contributed by atoms with van der Waals surface area (Å²) in [4.78, 5) is 2.01. The molecule has 0 unspecified atom stereocenters. The Balaban J connectivity index is 2.64. The molecule has 1 aromatic carbocycles. The Labute approximate surface area is 149 Å². The Kier molecular flexibility index (Phi) is 8.10. The molecule has 0 fully saturated rings. The summed E-state index contributed by atoms with van der Waals surface area (Å²) < 4.78 is 51.6. The molecule has 1 aromatic rings. The van der Waals surface area contributed by atoms with E-state index in [0.29, 0.717) is 18.0 Å². The molecule has 7 nitrogen and oxygen atoms in total. The molecule has 0 heterocycles. The van der Waals surface area contributed by atoms with Gasteiger partial charge in [0.05, 0.1) is 11.2 Å². The first-order valence-electron chi connectivity index (χ1n) is 7.37. The topological polar surface area (TPSA) is 86.8 Å². The van der Waals surface area contributed by atoms with Gasteiger partial charge in [-0.2, -0.15) is 0 Å². The number of sulfonamides is 2. The summed E-state index contributed by atoms with van der Waals surface area (Å²) >= 11 is 5.79. The molecule has 0 saturated carbocycles. The van der Waals surface area contributed by atoms with E-state index in [0.717, 1.165) is 12.8 Å². The second kappa shape index (κ2) is 9.12. The van der Waals surface area contributed by atoms with Gasteiger partial charge in [0.25, 0.3) is 0 Å². The molecule has 0 bridgehead atoms. The van der Waals surface area contributed by atoms with Gasteiger partial charge in [0.15, 0.2) is 0 Å². The van der Waals surface area contributed by atoms with Crippen LogP contribution in [0.5, 0.6) is 0 Å². The fraction of sp³-hybridized carbons (Fsp3) is 0.571. The third-order valence-electron chi connectivity index (χ3n) is 3.24. The maximum Gasteiger partial charge on any atom is 0.240 e. The zero-order valence-electron chi connectivity index (χ0n) is 14.1. The van der Waals surface area contributed by atoms with Crippen molar-refractivity contribution in [1.29, 1.82) is 0 Å². The first kappa shape index (κ1) is 21.3. The lowest BCUT2D eigenvalue weighted by atomic mass is 10.4. The van der Waals surface area contributed by atoms with Crippen molar-refractivity contribution in [2.75, 3.05) is 46.5 Å². The molecule has 10 heteroatoms. The average Bonchev–Trinajstić information content (AvgIpc) is 2.44. The van der Waals surface area contributed by atoms with Gasteiger partial charge in [-0.05, 0) is 45.3 Å². The predicted octanol–water partition coefficient (Wildman–Crippen LogP) is 0.832. The fourth-order valence-electron chi connectivity index (χ4n) is 2.03. The van der Waals surface area contributed by atoms with E-state index in [1.807, 2.05) is 19.0 Å². The van der Waals surface area contributed by atoms with Crippen molar-refractivity contribution in [3.05, 3.63) is 29.3 Å². The number of hydrogen-bond donors (Lipinski definition) is 1. The van der Waals surface area contributed by atoms with Crippen LogP contribution in [0.3, 0.4) is 0 Å². The molecule has 0 aromatic heterocycles. The molecule has 0 saturated heterocycles. The SMILES string of the molecule is CN(C)CCCN(CCNS(=O)(=O)c1cccc(Cl)c1)S(C)(=O)=O. The molecular formula is C14H24ClN3O4S2. The second-order valence-corrected chi connectivity index (χ2v) is 9.86. The molecule has 138 valence electrons. The highest BCUT2D eigenvalue weighted by atomic mass is 35.5. The van der Waals surface area contributed by atoms with Crippen LogP contribution < -0.4 is 4.72 Å². The normalized spacial score (nSPS) is 12.9. The molecule has 1 N–H and O–H groups in total. The molecule has 0 aliphatic carbocycles. The van der Waals surface area contributed by atoms with Crippen molar-refractivity contribution in [3.63, 3.8) is 0 Å². The van der Waals surface area contributed by atoms with Crippen LogP contribution in [-0.2, 0) is 20.0 Å². The van der Waals surface area contributed by atoms with Gasteiger partial charge in [-0.1, -0.05) is 17.7 Å². The van der Waals surface area contributed by atoms with Gasteiger partial charge in [-0.25, -0.2) is 25.9 Å². The Bertz CT molecular complexity index is 736. The minimum absolute atomic E-state index is 0.0100. The number of halogens is 1. The fourth-order valence-corrected chi connectivity index (χ4v) is 4.23. The monoisotopic (exact) mass is 397 g/mol. The average molecular weight is 398 g/mol. The minimum Gasteiger partial charge on any atom is -0.309 e. The first-order valence-corrected chi connectivity index (χ1v) is 11.1. The Morgan fingerprint density at radius 3 is 2.29 bits per heavy atom. The maximum absolute atomic E-state index is 12.2. The van der Waals surface area contributed by atoms with Crippen LogP contribution in [0, 0.1) is 0 Å². The van der Waals surface area contributed by atoms with E-state index < -0.39 is 20.0 Å². The van der Waals surface area contributed by atoms with Crippen molar-refractivity contribution in [1.82, 2.24) is 13.9 Å². The quantitative estimate of drug-likeness (QED) is 0.632. The lowest BCUT2D eigenvalue weighted by Gasteiger charge is -2.21. The summed E-state index contributed by atoms with van der Waals surface area (Å²) in [7, 11) is -3.30. The van der Waals surface area contributed by atoms with E-state index in [9.17, 15) is 16.8 Å². The van der Waals surface area contributed by atoms with E-state index in [1.54, 1.807) is 12.1 Å². The summed E-state index contributed by atoms with van der Waals surface area (Å²) in [6.07, 6.45) is 1.79. The van der Waals surface area contributed by atoms with Gasteiger partial charge < -0.3 is 4.90 Å². The van der Waals surface area contributed by atoms with Gasteiger partial charge >= 0.3 is 0 Å². The van der Waals surface area contributed by atoms with Crippen molar-refractivity contribution in [2.24, 2.45) is 0 Å². The van der Waals surface area contributed by atoms with Gasteiger partial charge in [-0.15, -0.1) is 0 Å². The Hall–Kier alpha value is -0.710. The predicted molar refractivity (Wildman–Crippen MR) is 96.2 cm³/mol. The highest BCUT2D eigenvalue weighted by Gasteiger charge is 2.18. The smallest absolute Gasteiger partial charge is 0.240 e. The van der Waals surface area contributed by atoms with Crippen LogP contribution in [0.15, 0.2) is 29.2 Å². The summed E-state index contributed by atoms with van der Waals surface area (Å²) in [5.41, 5.74) is 0. The van der Waals surface area contributed by atoms with Crippen molar-refractivity contribution in [3.8, 4) is 0 Å². The molecular weight excluding hydrogens is 374 g/mol. The van der Waals surface area contributed by atoms with Crippen molar-refractivity contribution < 1.29 is 16.8 Å². The van der Waals surface area contributed by atoms with Crippen LogP contribution in [0.25, 0.3) is 0 Å². The lowest BCUT2D eigenvalue weighted by molar-refractivity contribution is 0.352. The Morgan fingerprint density at radius 2 is 1.75 bits per heavy atom. The van der Waals surface area contributed by atoms with Gasteiger partial charge in [0.2, 0.25) is 20.0 Å². The van der Waals surface area contributed by atoms with Gasteiger partial charge in [0, 0.05) is 24.7 Å². The number of nitrogens with one attached hydrogen (secondary N) is 1. The molecule has 0 aliphatic heterocycles. The number of benzene rings is 1. The van der Waals surface area contributed by atoms with Crippen molar-refractivity contribution in [2.45, 2.75) is 11.3 Å². The third-order valence-corrected chi connectivity index (χ3v) is 6.24. The third kappa shape index (κ3) is 7.45. The first-order chi connectivity index (χ1) is 11.0. The van der Waals surface area contributed by atoms with E-state index in [2.05, 4.69) is 4.72 Å². The standard InChI is InChI=1S/C14H24ClN3O4S2/c1-17(2)9-5-10-18(23(3,19)20)11-8-16-24(21,22)14-7-4-6-13(15)12-14/h4,6-7,12,16H,5,8-11H2,1-3H3. The largest absolute Gasteiger partial charge is 0.309 e. The maximum atomic E-state index is 12.2. The molecule has 0 spiro atoms. The van der Waals surface area contributed by atoms with Crippen LogP contribution in [-0.4, -0.2) is 72.6 Å². The molecule has 0 amide bonds. The molecule has 24 heavy (non-hydrogen) atoms. The molecule has 0 aliphatic rings. The van der Waals surface area contributed by atoms with E-state index in [1.165, 1.54) is 16.4 Å². The molecule has 0 atom stereocenters. The number of nitrogens with zero attached hydrogens (tertiary/aromatic N) is 2. The van der Waals surface area contributed by atoms with Crippen LogP contribution in [0.2, 0.25) is 5.02 Å². The van der Waals surface area contributed by atoms with Crippen LogP contribution in [0.4, 0.5) is 0 Å². The van der Waals surface area contributed by atoms with Gasteiger partial charge in [0.1, 0.15) is 0 Å². The van der Waals surface area contributed by atoms with E-state index in [4.69, 9.17) is 11.6 Å². The minimum atomic E-state index is -3.72. The number of rotatable bonds is 10. The zero-order valence-corrected chi connectivity index (χ0v) is 16.5. The zero-order chi connectivity index (χ0) is 18.4. The highest BCUT2D eigenvalue weighted by molar-refractivity contribution is 7.89. The highest BCUT2D eigenvalue weighted by Crippen LogP contribution is 2.15. The second-order valence-electron chi connectivity index (χ2n) is 5.67. The van der Waals surface area contributed by atoms with Crippen molar-refractivity contribution >= 4 is 31.6 Å². The Morgan fingerprint density at radius 1 is 1.08 bits per heavy atom. The number of hydrogen-bond acceptors (Lipinski definition) is 5. The molecule has 1 rings (SSSR count). The van der Waals surface area contributed by atoms with Crippen LogP contribution >= 0.6 is 11.6 Å². The summed E-state index contributed by atoms with van der Waals surface area (Å²) in [6, 6.07) is 5.90.